The van der Waals surface area contributed by atoms with Crippen LogP contribution in [0.4, 0.5) is 5.69 Å². The van der Waals surface area contributed by atoms with Crippen LogP contribution in [-0.4, -0.2) is 45.7 Å². The third kappa shape index (κ3) is 5.62. The number of hydrogen-bond acceptors (Lipinski definition) is 3. The molecular formula is C16H29N3. The van der Waals surface area contributed by atoms with E-state index >= 15 is 0 Å². The van der Waals surface area contributed by atoms with Gasteiger partial charge in [0.05, 0.1) is 0 Å². The molecule has 0 amide bonds. The highest BCUT2D eigenvalue weighted by Crippen LogP contribution is 2.18. The molecule has 0 bridgehead atoms. The third-order valence-corrected chi connectivity index (χ3v) is 3.39. The first-order valence-electron chi connectivity index (χ1n) is 7.20. The molecule has 0 aliphatic heterocycles. The lowest BCUT2D eigenvalue weighted by atomic mass is 10.1. The third-order valence-electron chi connectivity index (χ3n) is 3.39. The molecule has 1 aromatic carbocycles. The number of aryl methyl sites for hydroxylation is 1. The predicted octanol–water partition coefficient (Wildman–Crippen LogP) is 2.49. The fourth-order valence-corrected chi connectivity index (χ4v) is 1.99. The second-order valence-corrected chi connectivity index (χ2v) is 5.51. The van der Waals surface area contributed by atoms with Gasteiger partial charge in [-0.1, -0.05) is 13.0 Å². The van der Waals surface area contributed by atoms with E-state index in [4.69, 9.17) is 0 Å². The van der Waals surface area contributed by atoms with Crippen LogP contribution < -0.4 is 10.2 Å². The summed E-state index contributed by atoms with van der Waals surface area (Å²) in [5, 5.41) is 3.46. The van der Waals surface area contributed by atoms with Gasteiger partial charge in [-0.3, -0.25) is 0 Å². The molecule has 0 spiro atoms. The summed E-state index contributed by atoms with van der Waals surface area (Å²) in [7, 11) is 6.39. The number of rotatable bonds is 8. The molecule has 0 aliphatic carbocycles. The van der Waals surface area contributed by atoms with Crippen molar-refractivity contribution in [2.75, 3.05) is 45.7 Å². The molecule has 108 valence electrons. The summed E-state index contributed by atoms with van der Waals surface area (Å²) in [6.07, 6.45) is 1.18. The molecule has 0 heterocycles. The molecule has 19 heavy (non-hydrogen) atoms. The molecule has 3 heteroatoms. The Bertz CT molecular complexity index is 374. The van der Waals surface area contributed by atoms with Gasteiger partial charge in [-0.15, -0.1) is 0 Å². The normalized spacial score (nSPS) is 11.1. The lowest BCUT2D eigenvalue weighted by Gasteiger charge is -2.22. The van der Waals surface area contributed by atoms with Crippen molar-refractivity contribution in [1.29, 1.82) is 0 Å². The van der Waals surface area contributed by atoms with Crippen LogP contribution in [0.2, 0.25) is 0 Å². The van der Waals surface area contributed by atoms with Crippen LogP contribution in [0.15, 0.2) is 18.2 Å². The average molecular weight is 263 g/mol. The number of nitrogens with zero attached hydrogens (tertiary/aromatic N) is 2. The lowest BCUT2D eigenvalue weighted by Crippen LogP contribution is -2.28. The van der Waals surface area contributed by atoms with Crippen molar-refractivity contribution in [3.8, 4) is 0 Å². The SMILES string of the molecule is CCCNCc1ccc(N(C)CCN(C)C)cc1C. The van der Waals surface area contributed by atoms with Crippen LogP contribution in [0, 0.1) is 6.92 Å². The molecule has 0 saturated carbocycles. The Hall–Kier alpha value is -1.06. The maximum Gasteiger partial charge on any atom is 0.0366 e. The van der Waals surface area contributed by atoms with Crippen LogP contribution in [0.1, 0.15) is 24.5 Å². The molecule has 1 rings (SSSR count). The summed E-state index contributed by atoms with van der Waals surface area (Å²) in [6.45, 7) is 8.59. The van der Waals surface area contributed by atoms with Crippen molar-refractivity contribution in [3.63, 3.8) is 0 Å². The van der Waals surface area contributed by atoms with Crippen LogP contribution in [0.25, 0.3) is 0 Å². The van der Waals surface area contributed by atoms with E-state index in [-0.39, 0.29) is 0 Å². The Morgan fingerprint density at radius 2 is 1.84 bits per heavy atom. The van der Waals surface area contributed by atoms with E-state index in [9.17, 15) is 0 Å². The van der Waals surface area contributed by atoms with E-state index < -0.39 is 0 Å². The fraction of sp³-hybridized carbons (Fsp3) is 0.625. The van der Waals surface area contributed by atoms with Gasteiger partial charge in [0.1, 0.15) is 0 Å². The minimum atomic E-state index is 0.974. The number of nitrogens with one attached hydrogen (secondary N) is 1. The molecule has 0 aromatic heterocycles. The quantitative estimate of drug-likeness (QED) is 0.727. The van der Waals surface area contributed by atoms with Crippen molar-refractivity contribution >= 4 is 5.69 Å². The van der Waals surface area contributed by atoms with Crippen molar-refractivity contribution in [2.45, 2.75) is 26.8 Å². The molecule has 0 atom stereocenters. The summed E-state index contributed by atoms with van der Waals surface area (Å²) in [5.41, 5.74) is 4.08. The average Bonchev–Trinajstić information content (AvgIpc) is 2.38. The molecule has 3 nitrogen and oxygen atoms in total. The van der Waals surface area contributed by atoms with E-state index in [2.05, 4.69) is 68.3 Å². The first-order valence-corrected chi connectivity index (χ1v) is 7.20. The summed E-state index contributed by atoms with van der Waals surface area (Å²) in [6, 6.07) is 6.77. The number of anilines is 1. The minimum absolute atomic E-state index is 0.974. The highest BCUT2D eigenvalue weighted by Gasteiger charge is 2.04. The van der Waals surface area contributed by atoms with Crippen molar-refractivity contribution in [1.82, 2.24) is 10.2 Å². The zero-order valence-electron chi connectivity index (χ0n) is 13.2. The topological polar surface area (TPSA) is 18.5 Å². The van der Waals surface area contributed by atoms with Crippen LogP contribution >= 0.6 is 0 Å². The van der Waals surface area contributed by atoms with Crippen LogP contribution in [0.5, 0.6) is 0 Å². The molecule has 0 aliphatic rings. The highest BCUT2D eigenvalue weighted by molar-refractivity contribution is 5.50. The molecule has 0 unspecified atom stereocenters. The molecule has 1 N–H and O–H groups in total. The van der Waals surface area contributed by atoms with E-state index in [1.165, 1.54) is 23.2 Å². The number of hydrogen-bond donors (Lipinski definition) is 1. The van der Waals surface area contributed by atoms with Gasteiger partial charge in [0.2, 0.25) is 0 Å². The molecule has 0 radical (unpaired) electrons. The molecular weight excluding hydrogens is 234 g/mol. The molecule has 0 fully saturated rings. The number of likely N-dealkylation sites (N-methyl/N-ethyl adjacent to an activating group) is 2. The highest BCUT2D eigenvalue weighted by atomic mass is 15.1. The Balaban J connectivity index is 2.59. The fourth-order valence-electron chi connectivity index (χ4n) is 1.99. The van der Waals surface area contributed by atoms with Gasteiger partial charge in [-0.25, -0.2) is 0 Å². The lowest BCUT2D eigenvalue weighted by molar-refractivity contribution is 0.416. The van der Waals surface area contributed by atoms with Gasteiger partial charge in [-0.05, 0) is 57.2 Å². The van der Waals surface area contributed by atoms with Gasteiger partial charge < -0.3 is 15.1 Å². The van der Waals surface area contributed by atoms with Gasteiger partial charge in [-0.2, -0.15) is 0 Å². The number of benzene rings is 1. The van der Waals surface area contributed by atoms with Crippen LogP contribution in [0.3, 0.4) is 0 Å². The first-order chi connectivity index (χ1) is 9.04. The summed E-state index contributed by atoms with van der Waals surface area (Å²) >= 11 is 0. The Kier molecular flexibility index (Phi) is 6.89. The second kappa shape index (κ2) is 8.18. The first kappa shape index (κ1) is 16.0. The Morgan fingerprint density at radius 1 is 1.11 bits per heavy atom. The molecule has 1 aromatic rings. The minimum Gasteiger partial charge on any atom is -0.373 e. The Labute approximate surface area is 118 Å². The van der Waals surface area contributed by atoms with E-state index in [1.54, 1.807) is 0 Å². The van der Waals surface area contributed by atoms with Crippen LogP contribution in [-0.2, 0) is 6.54 Å². The van der Waals surface area contributed by atoms with Crippen molar-refractivity contribution in [2.24, 2.45) is 0 Å². The summed E-state index contributed by atoms with van der Waals surface area (Å²) in [4.78, 5) is 4.53. The Morgan fingerprint density at radius 3 is 2.42 bits per heavy atom. The predicted molar refractivity (Wildman–Crippen MR) is 85.0 cm³/mol. The van der Waals surface area contributed by atoms with E-state index in [0.717, 1.165) is 26.2 Å². The second-order valence-electron chi connectivity index (χ2n) is 5.51. The van der Waals surface area contributed by atoms with E-state index in [0.29, 0.717) is 0 Å². The maximum atomic E-state index is 3.46. The van der Waals surface area contributed by atoms with Gasteiger partial charge in [0.25, 0.3) is 0 Å². The van der Waals surface area contributed by atoms with Gasteiger partial charge >= 0.3 is 0 Å². The zero-order chi connectivity index (χ0) is 14.3. The van der Waals surface area contributed by atoms with Gasteiger partial charge in [0.15, 0.2) is 0 Å². The standard InChI is InChI=1S/C16H29N3/c1-6-9-17-13-15-7-8-16(12-14(15)2)19(5)11-10-18(3)4/h7-8,12,17H,6,9-11,13H2,1-5H3. The smallest absolute Gasteiger partial charge is 0.0366 e. The summed E-state index contributed by atoms with van der Waals surface area (Å²) < 4.78 is 0. The van der Waals surface area contributed by atoms with Crippen molar-refractivity contribution < 1.29 is 0 Å². The van der Waals surface area contributed by atoms with Gasteiger partial charge in [0, 0.05) is 32.4 Å². The monoisotopic (exact) mass is 263 g/mol. The van der Waals surface area contributed by atoms with Crippen molar-refractivity contribution in [3.05, 3.63) is 29.3 Å². The van der Waals surface area contributed by atoms with E-state index in [1.807, 2.05) is 0 Å². The summed E-state index contributed by atoms with van der Waals surface area (Å²) in [5.74, 6) is 0. The zero-order valence-corrected chi connectivity index (χ0v) is 13.2. The molecule has 0 saturated heterocycles. The maximum absolute atomic E-state index is 3.46. The largest absolute Gasteiger partial charge is 0.373 e.